The van der Waals surface area contributed by atoms with Crippen molar-refractivity contribution in [3.63, 3.8) is 0 Å². The Labute approximate surface area is 163 Å². The van der Waals surface area contributed by atoms with E-state index in [1.165, 1.54) is 0 Å². The van der Waals surface area contributed by atoms with Crippen molar-refractivity contribution >= 4 is 23.2 Å². The van der Waals surface area contributed by atoms with Crippen molar-refractivity contribution in [2.75, 3.05) is 26.2 Å². The third-order valence-electron chi connectivity index (χ3n) is 5.50. The molecule has 0 bridgehead atoms. The average Bonchev–Trinajstić information content (AvgIpc) is 3.18. The molecule has 0 N–H and O–H groups in total. The lowest BCUT2D eigenvalue weighted by Gasteiger charge is -2.42. The number of likely N-dealkylation sites (tertiary alicyclic amines) is 1. The number of benzene rings is 1. The maximum atomic E-state index is 12.6. The van der Waals surface area contributed by atoms with Gasteiger partial charge in [-0.3, -0.25) is 9.59 Å². The van der Waals surface area contributed by atoms with Crippen LogP contribution in [-0.2, 0) is 16.1 Å². The van der Waals surface area contributed by atoms with Crippen LogP contribution in [0.2, 0.25) is 0 Å². The summed E-state index contributed by atoms with van der Waals surface area (Å²) >= 11 is 1.54. The highest BCUT2D eigenvalue weighted by molar-refractivity contribution is 7.08. The quantitative estimate of drug-likeness (QED) is 0.817. The molecule has 0 radical (unpaired) electrons. The molecule has 1 spiro atoms. The minimum Gasteiger partial charge on any atom is -0.372 e. The second kappa shape index (κ2) is 7.82. The molecule has 142 valence electrons. The van der Waals surface area contributed by atoms with E-state index >= 15 is 0 Å². The second-order valence-electron chi connectivity index (χ2n) is 7.32. The van der Waals surface area contributed by atoms with Gasteiger partial charge in [0.1, 0.15) is 0 Å². The van der Waals surface area contributed by atoms with Gasteiger partial charge in [0.25, 0.3) is 5.91 Å². The highest BCUT2D eigenvalue weighted by Crippen LogP contribution is 2.31. The van der Waals surface area contributed by atoms with E-state index in [0.717, 1.165) is 24.0 Å². The van der Waals surface area contributed by atoms with Crippen LogP contribution in [0, 0.1) is 0 Å². The number of ether oxygens (including phenoxy) is 1. The molecule has 3 heterocycles. The average molecular weight is 385 g/mol. The second-order valence-corrected chi connectivity index (χ2v) is 8.10. The summed E-state index contributed by atoms with van der Waals surface area (Å²) in [5, 5.41) is 3.83. The summed E-state index contributed by atoms with van der Waals surface area (Å²) in [5.41, 5.74) is 1.55. The molecule has 2 fully saturated rings. The van der Waals surface area contributed by atoms with Crippen LogP contribution in [0.25, 0.3) is 0 Å². The Balaban J connectivity index is 1.43. The number of carbonyl (C=O) groups is 2. The van der Waals surface area contributed by atoms with Gasteiger partial charge in [0.05, 0.1) is 30.7 Å². The Morgan fingerprint density at radius 2 is 1.93 bits per heavy atom. The van der Waals surface area contributed by atoms with Gasteiger partial charge in [-0.05, 0) is 29.9 Å². The standard InChI is InChI=1S/C21H24N2O3S/c24-19-6-12-26-21(16-23(19)14-17-4-2-1-3-5-17)8-10-22(11-9-21)20(25)18-7-13-27-15-18/h1-5,7,13,15H,6,8-12,14,16H2. The van der Waals surface area contributed by atoms with E-state index in [1.807, 2.05) is 57.0 Å². The molecule has 4 rings (SSSR count). The fourth-order valence-electron chi connectivity index (χ4n) is 3.93. The number of amides is 2. The summed E-state index contributed by atoms with van der Waals surface area (Å²) in [6.07, 6.45) is 1.95. The summed E-state index contributed by atoms with van der Waals surface area (Å²) in [6, 6.07) is 12.0. The molecule has 6 heteroatoms. The van der Waals surface area contributed by atoms with Gasteiger partial charge in [-0.2, -0.15) is 11.3 Å². The zero-order valence-electron chi connectivity index (χ0n) is 15.3. The summed E-state index contributed by atoms with van der Waals surface area (Å²) in [4.78, 5) is 29.0. The molecule has 2 saturated heterocycles. The molecule has 0 unspecified atom stereocenters. The molecule has 5 nitrogen and oxygen atoms in total. The zero-order chi connectivity index (χ0) is 18.7. The van der Waals surface area contributed by atoms with Crippen LogP contribution in [0.1, 0.15) is 35.2 Å². The minimum atomic E-state index is -0.341. The molecule has 0 aliphatic carbocycles. The monoisotopic (exact) mass is 384 g/mol. The first-order valence-corrected chi connectivity index (χ1v) is 10.4. The van der Waals surface area contributed by atoms with E-state index in [4.69, 9.17) is 4.74 Å². The van der Waals surface area contributed by atoms with E-state index in [-0.39, 0.29) is 17.4 Å². The van der Waals surface area contributed by atoms with Crippen molar-refractivity contribution in [1.82, 2.24) is 9.80 Å². The first kappa shape index (κ1) is 18.2. The number of nitrogens with zero attached hydrogens (tertiary/aromatic N) is 2. The predicted molar refractivity (Wildman–Crippen MR) is 105 cm³/mol. The smallest absolute Gasteiger partial charge is 0.254 e. The van der Waals surface area contributed by atoms with Crippen molar-refractivity contribution in [3.8, 4) is 0 Å². The van der Waals surface area contributed by atoms with Crippen molar-refractivity contribution in [2.45, 2.75) is 31.4 Å². The van der Waals surface area contributed by atoms with Gasteiger partial charge in [-0.25, -0.2) is 0 Å². The fourth-order valence-corrected chi connectivity index (χ4v) is 4.56. The number of hydrogen-bond donors (Lipinski definition) is 0. The van der Waals surface area contributed by atoms with E-state index in [2.05, 4.69) is 0 Å². The van der Waals surface area contributed by atoms with Crippen molar-refractivity contribution < 1.29 is 14.3 Å². The SMILES string of the molecule is O=C1CCOC2(CCN(C(=O)c3ccsc3)CC2)CN1Cc1ccccc1. The predicted octanol–water partition coefficient (Wildman–Crippen LogP) is 3.17. The molecule has 2 aliphatic heterocycles. The lowest BCUT2D eigenvalue weighted by Crippen LogP contribution is -2.53. The number of rotatable bonds is 3. The Hall–Kier alpha value is -2.18. The first-order chi connectivity index (χ1) is 13.2. The third kappa shape index (κ3) is 4.06. The Morgan fingerprint density at radius 3 is 2.63 bits per heavy atom. The number of hydrogen-bond acceptors (Lipinski definition) is 4. The number of thiophene rings is 1. The fraction of sp³-hybridized carbons (Fsp3) is 0.429. The highest BCUT2D eigenvalue weighted by atomic mass is 32.1. The van der Waals surface area contributed by atoms with Gasteiger partial charge >= 0.3 is 0 Å². The van der Waals surface area contributed by atoms with Crippen molar-refractivity contribution in [1.29, 1.82) is 0 Å². The number of carbonyl (C=O) groups excluding carboxylic acids is 2. The van der Waals surface area contributed by atoms with Gasteiger partial charge in [-0.15, -0.1) is 0 Å². The molecule has 0 saturated carbocycles. The number of piperidine rings is 1. The summed E-state index contributed by atoms with van der Waals surface area (Å²) in [7, 11) is 0. The van der Waals surface area contributed by atoms with Crippen molar-refractivity contribution in [3.05, 3.63) is 58.3 Å². The molecular weight excluding hydrogens is 360 g/mol. The van der Waals surface area contributed by atoms with Crippen LogP contribution >= 0.6 is 11.3 Å². The molecule has 2 aliphatic rings. The van der Waals surface area contributed by atoms with Crippen LogP contribution < -0.4 is 0 Å². The van der Waals surface area contributed by atoms with E-state index < -0.39 is 0 Å². The molecule has 2 aromatic rings. The minimum absolute atomic E-state index is 0.0944. The largest absolute Gasteiger partial charge is 0.372 e. The van der Waals surface area contributed by atoms with Crippen LogP contribution in [-0.4, -0.2) is 53.5 Å². The van der Waals surface area contributed by atoms with Gasteiger partial charge in [0.15, 0.2) is 0 Å². The third-order valence-corrected chi connectivity index (χ3v) is 6.19. The van der Waals surface area contributed by atoms with Crippen LogP contribution in [0.5, 0.6) is 0 Å². The maximum Gasteiger partial charge on any atom is 0.254 e. The van der Waals surface area contributed by atoms with Gasteiger partial charge in [0.2, 0.25) is 5.91 Å². The molecule has 27 heavy (non-hydrogen) atoms. The van der Waals surface area contributed by atoms with Crippen LogP contribution in [0.4, 0.5) is 0 Å². The summed E-state index contributed by atoms with van der Waals surface area (Å²) in [6.45, 7) is 3.01. The summed E-state index contributed by atoms with van der Waals surface area (Å²) in [5.74, 6) is 0.240. The van der Waals surface area contributed by atoms with E-state index in [1.54, 1.807) is 11.3 Å². The lowest BCUT2D eigenvalue weighted by atomic mass is 9.90. The molecule has 1 aromatic carbocycles. The molecule has 2 amide bonds. The zero-order valence-corrected chi connectivity index (χ0v) is 16.1. The maximum absolute atomic E-state index is 12.6. The molecule has 1 aromatic heterocycles. The van der Waals surface area contributed by atoms with Crippen molar-refractivity contribution in [2.24, 2.45) is 0 Å². The lowest BCUT2D eigenvalue weighted by molar-refractivity contribution is -0.132. The van der Waals surface area contributed by atoms with E-state index in [9.17, 15) is 9.59 Å². The molecular formula is C21H24N2O3S. The van der Waals surface area contributed by atoms with Gasteiger partial charge in [-0.1, -0.05) is 30.3 Å². The molecule has 0 atom stereocenters. The highest BCUT2D eigenvalue weighted by Gasteiger charge is 2.41. The topological polar surface area (TPSA) is 49.9 Å². The van der Waals surface area contributed by atoms with Crippen LogP contribution in [0.15, 0.2) is 47.2 Å². The normalized spacial score (nSPS) is 19.9. The Morgan fingerprint density at radius 1 is 1.15 bits per heavy atom. The van der Waals surface area contributed by atoms with E-state index in [0.29, 0.717) is 39.2 Å². The Bertz CT molecular complexity index is 783. The van der Waals surface area contributed by atoms with Gasteiger partial charge < -0.3 is 14.5 Å². The Kier molecular flexibility index (Phi) is 5.27. The van der Waals surface area contributed by atoms with Crippen LogP contribution in [0.3, 0.4) is 0 Å². The first-order valence-electron chi connectivity index (χ1n) is 9.42. The van der Waals surface area contributed by atoms with Gasteiger partial charge in [0, 0.05) is 25.0 Å². The summed E-state index contributed by atoms with van der Waals surface area (Å²) < 4.78 is 6.19.